The van der Waals surface area contributed by atoms with Crippen molar-refractivity contribution >= 4 is 5.71 Å². The molecule has 94 valence electrons. The second-order valence-electron chi connectivity index (χ2n) is 3.50. The SMILES string of the molecule is CCO/N=C(\C)c1c(O)n(C)c(=O)n(C)c1=O. The lowest BCUT2D eigenvalue weighted by Gasteiger charge is -2.09. The van der Waals surface area contributed by atoms with E-state index >= 15 is 0 Å². The van der Waals surface area contributed by atoms with Crippen LogP contribution in [0, 0.1) is 0 Å². The molecule has 0 aliphatic rings. The molecule has 7 nitrogen and oxygen atoms in total. The Hall–Kier alpha value is -2.05. The average Bonchev–Trinajstić information content (AvgIpc) is 2.31. The third kappa shape index (κ3) is 2.22. The Kier molecular flexibility index (Phi) is 3.72. The summed E-state index contributed by atoms with van der Waals surface area (Å²) < 4.78 is 1.88. The lowest BCUT2D eigenvalue weighted by atomic mass is 10.2. The molecule has 0 saturated carbocycles. The van der Waals surface area contributed by atoms with Crippen molar-refractivity contribution < 1.29 is 9.94 Å². The van der Waals surface area contributed by atoms with Gasteiger partial charge in [-0.25, -0.2) is 4.79 Å². The normalized spacial score (nSPS) is 11.6. The van der Waals surface area contributed by atoms with Crippen LogP contribution in [0.1, 0.15) is 19.4 Å². The first kappa shape index (κ1) is 13.0. The summed E-state index contributed by atoms with van der Waals surface area (Å²) in [4.78, 5) is 28.1. The van der Waals surface area contributed by atoms with Crippen LogP contribution in [0.4, 0.5) is 0 Å². The molecular weight excluding hydrogens is 226 g/mol. The summed E-state index contributed by atoms with van der Waals surface area (Å²) in [6.07, 6.45) is 0. The fourth-order valence-corrected chi connectivity index (χ4v) is 1.36. The molecule has 0 fully saturated rings. The van der Waals surface area contributed by atoms with Gasteiger partial charge in [-0.3, -0.25) is 13.9 Å². The first-order valence-electron chi connectivity index (χ1n) is 5.07. The van der Waals surface area contributed by atoms with Crippen molar-refractivity contribution in [1.29, 1.82) is 0 Å². The topological polar surface area (TPSA) is 85.8 Å². The smallest absolute Gasteiger partial charge is 0.333 e. The van der Waals surface area contributed by atoms with Gasteiger partial charge in [0.2, 0.25) is 5.88 Å². The molecule has 0 saturated heterocycles. The molecule has 1 aromatic rings. The second-order valence-corrected chi connectivity index (χ2v) is 3.50. The number of nitrogens with zero attached hydrogens (tertiary/aromatic N) is 3. The van der Waals surface area contributed by atoms with Gasteiger partial charge in [-0.05, 0) is 13.8 Å². The Balaban J connectivity index is 3.56. The van der Waals surface area contributed by atoms with Crippen LogP contribution in [-0.2, 0) is 18.9 Å². The number of hydrogen-bond acceptors (Lipinski definition) is 5. The van der Waals surface area contributed by atoms with Gasteiger partial charge in [-0.2, -0.15) is 0 Å². The predicted molar refractivity (Wildman–Crippen MR) is 62.4 cm³/mol. The van der Waals surface area contributed by atoms with Crippen LogP contribution in [0.2, 0.25) is 0 Å². The second kappa shape index (κ2) is 4.86. The molecule has 7 heteroatoms. The van der Waals surface area contributed by atoms with Crippen molar-refractivity contribution in [2.45, 2.75) is 13.8 Å². The lowest BCUT2D eigenvalue weighted by Crippen LogP contribution is -2.39. The molecule has 0 amide bonds. The molecule has 0 aliphatic carbocycles. The number of aromatic nitrogens is 2. The summed E-state index contributed by atoms with van der Waals surface area (Å²) in [5, 5.41) is 13.4. The molecule has 0 atom stereocenters. The molecule has 0 bridgehead atoms. The Morgan fingerprint density at radius 3 is 2.47 bits per heavy atom. The molecule has 1 aromatic heterocycles. The Morgan fingerprint density at radius 1 is 1.35 bits per heavy atom. The fourth-order valence-electron chi connectivity index (χ4n) is 1.36. The predicted octanol–water partition coefficient (Wildman–Crippen LogP) is -0.450. The molecule has 0 aromatic carbocycles. The number of aromatic hydroxyl groups is 1. The monoisotopic (exact) mass is 241 g/mol. The maximum absolute atomic E-state index is 11.8. The summed E-state index contributed by atoms with van der Waals surface area (Å²) in [6.45, 7) is 3.62. The zero-order chi connectivity index (χ0) is 13.2. The molecule has 17 heavy (non-hydrogen) atoms. The van der Waals surface area contributed by atoms with Crippen molar-refractivity contribution in [2.24, 2.45) is 19.3 Å². The van der Waals surface area contributed by atoms with E-state index in [1.54, 1.807) is 6.92 Å². The molecule has 0 aliphatic heterocycles. The van der Waals surface area contributed by atoms with Crippen molar-refractivity contribution in [2.75, 3.05) is 6.61 Å². The number of oxime groups is 1. The highest BCUT2D eigenvalue weighted by Crippen LogP contribution is 2.10. The lowest BCUT2D eigenvalue weighted by molar-refractivity contribution is 0.158. The van der Waals surface area contributed by atoms with E-state index in [1.807, 2.05) is 0 Å². The average molecular weight is 241 g/mol. The van der Waals surface area contributed by atoms with Crippen LogP contribution in [-0.4, -0.2) is 26.6 Å². The van der Waals surface area contributed by atoms with Crippen molar-refractivity contribution in [3.05, 3.63) is 26.4 Å². The maximum Gasteiger partial charge on any atom is 0.333 e. The third-order valence-electron chi connectivity index (χ3n) is 2.33. The van der Waals surface area contributed by atoms with E-state index in [1.165, 1.54) is 21.0 Å². The molecule has 1 N–H and O–H groups in total. The van der Waals surface area contributed by atoms with Gasteiger partial charge >= 0.3 is 5.69 Å². The van der Waals surface area contributed by atoms with Crippen LogP contribution in [0.15, 0.2) is 14.7 Å². The zero-order valence-electron chi connectivity index (χ0n) is 10.2. The van der Waals surface area contributed by atoms with Crippen molar-refractivity contribution in [3.63, 3.8) is 0 Å². The Labute approximate surface area is 97.6 Å². The van der Waals surface area contributed by atoms with E-state index in [2.05, 4.69) is 5.16 Å². The third-order valence-corrected chi connectivity index (χ3v) is 2.33. The highest BCUT2D eigenvalue weighted by Gasteiger charge is 2.17. The summed E-state index contributed by atoms with van der Waals surface area (Å²) in [7, 11) is 2.70. The van der Waals surface area contributed by atoms with Crippen LogP contribution in [0.3, 0.4) is 0 Å². The van der Waals surface area contributed by atoms with Gasteiger partial charge in [0, 0.05) is 14.1 Å². The Morgan fingerprint density at radius 2 is 1.94 bits per heavy atom. The summed E-state index contributed by atoms with van der Waals surface area (Å²) >= 11 is 0. The minimum atomic E-state index is -0.605. The highest BCUT2D eigenvalue weighted by atomic mass is 16.6. The minimum Gasteiger partial charge on any atom is -0.494 e. The van der Waals surface area contributed by atoms with Gasteiger partial charge in [0.15, 0.2) is 0 Å². The summed E-state index contributed by atoms with van der Waals surface area (Å²) in [5.41, 5.74) is -1.02. The van der Waals surface area contributed by atoms with Crippen LogP contribution in [0.25, 0.3) is 0 Å². The molecule has 0 unspecified atom stereocenters. The van der Waals surface area contributed by atoms with Crippen molar-refractivity contribution in [1.82, 2.24) is 9.13 Å². The summed E-state index contributed by atoms with van der Waals surface area (Å²) in [5.74, 6) is -0.418. The Bertz CT molecular complexity index is 568. The largest absolute Gasteiger partial charge is 0.494 e. The quantitative estimate of drug-likeness (QED) is 0.573. The van der Waals surface area contributed by atoms with E-state index in [0.29, 0.717) is 6.61 Å². The van der Waals surface area contributed by atoms with E-state index < -0.39 is 17.1 Å². The van der Waals surface area contributed by atoms with E-state index in [0.717, 1.165) is 9.13 Å². The standard InChI is InChI=1S/C10H15N3O4/c1-5-17-11-6(2)7-8(14)12(3)10(16)13(4)9(7)15/h14H,5H2,1-4H3/b11-6+. The maximum atomic E-state index is 11.8. The van der Waals surface area contributed by atoms with Crippen LogP contribution in [0.5, 0.6) is 5.88 Å². The molecule has 1 rings (SSSR count). The van der Waals surface area contributed by atoms with Gasteiger partial charge in [-0.1, -0.05) is 5.16 Å². The van der Waals surface area contributed by atoms with E-state index in [9.17, 15) is 14.7 Å². The minimum absolute atomic E-state index is 0.0388. The molecular formula is C10H15N3O4. The van der Waals surface area contributed by atoms with E-state index in [4.69, 9.17) is 4.84 Å². The van der Waals surface area contributed by atoms with Crippen LogP contribution >= 0.6 is 0 Å². The van der Waals surface area contributed by atoms with E-state index in [-0.39, 0.29) is 11.3 Å². The molecule has 0 spiro atoms. The molecule has 1 heterocycles. The molecule has 0 radical (unpaired) electrons. The fraction of sp³-hybridized carbons (Fsp3) is 0.500. The van der Waals surface area contributed by atoms with Gasteiger partial charge < -0.3 is 9.94 Å². The summed E-state index contributed by atoms with van der Waals surface area (Å²) in [6, 6.07) is 0. The number of hydrogen-bond donors (Lipinski definition) is 1. The zero-order valence-corrected chi connectivity index (χ0v) is 10.2. The first-order valence-corrected chi connectivity index (χ1v) is 5.07. The van der Waals surface area contributed by atoms with Gasteiger partial charge in [0.25, 0.3) is 5.56 Å². The van der Waals surface area contributed by atoms with Crippen LogP contribution < -0.4 is 11.2 Å². The highest BCUT2D eigenvalue weighted by molar-refractivity contribution is 5.99. The van der Waals surface area contributed by atoms with Crippen molar-refractivity contribution in [3.8, 4) is 5.88 Å². The number of rotatable bonds is 3. The van der Waals surface area contributed by atoms with Gasteiger partial charge in [0.1, 0.15) is 12.2 Å². The van der Waals surface area contributed by atoms with Gasteiger partial charge in [0.05, 0.1) is 5.71 Å². The van der Waals surface area contributed by atoms with Gasteiger partial charge in [-0.15, -0.1) is 0 Å². The first-order chi connectivity index (χ1) is 7.91.